The lowest BCUT2D eigenvalue weighted by Gasteiger charge is -2.07. The van der Waals surface area contributed by atoms with E-state index in [-0.39, 0.29) is 21.8 Å². The first-order valence-corrected chi connectivity index (χ1v) is 7.14. The molecule has 0 aliphatic rings. The third-order valence-corrected chi connectivity index (χ3v) is 3.31. The molecule has 0 aliphatic heterocycles. The van der Waals surface area contributed by atoms with Crippen molar-refractivity contribution < 1.29 is 29.0 Å². The quantitative estimate of drug-likeness (QED) is 0.463. The minimum absolute atomic E-state index is 0.134. The molecule has 0 aromatic heterocycles. The summed E-state index contributed by atoms with van der Waals surface area (Å²) in [6, 6.07) is 6.92. The highest BCUT2D eigenvalue weighted by molar-refractivity contribution is 6.31. The van der Waals surface area contributed by atoms with Crippen molar-refractivity contribution in [1.82, 2.24) is 0 Å². The number of hydrogen-bond acceptors (Lipinski definition) is 5. The second kappa shape index (κ2) is 7.63. The summed E-state index contributed by atoms with van der Waals surface area (Å²) in [5.41, 5.74) is -0.518. The van der Waals surface area contributed by atoms with Crippen LogP contribution in [0.1, 0.15) is 15.9 Å². The van der Waals surface area contributed by atoms with Crippen molar-refractivity contribution in [1.29, 1.82) is 0 Å². The van der Waals surface area contributed by atoms with E-state index < -0.39 is 29.6 Å². The molecule has 25 heavy (non-hydrogen) atoms. The molecular weight excluding hydrogens is 355 g/mol. The van der Waals surface area contributed by atoms with E-state index in [9.17, 15) is 18.8 Å². The largest absolute Gasteiger partial charge is 0.479 e. The van der Waals surface area contributed by atoms with Crippen LogP contribution in [0.25, 0.3) is 0 Å². The summed E-state index contributed by atoms with van der Waals surface area (Å²) in [6.07, 6.45) is 0. The Balaban J connectivity index is 2.48. The average Bonchev–Trinajstić information content (AvgIpc) is 2.55. The fourth-order valence-electron chi connectivity index (χ4n) is 1.89. The van der Waals surface area contributed by atoms with E-state index in [0.717, 1.165) is 6.07 Å². The number of nitrogens with zero attached hydrogens (tertiary/aromatic N) is 2. The second-order valence-electron chi connectivity index (χ2n) is 4.76. The van der Waals surface area contributed by atoms with Gasteiger partial charge < -0.3 is 10.2 Å². The van der Waals surface area contributed by atoms with Gasteiger partial charge in [0.2, 0.25) is 0 Å². The highest BCUT2D eigenvalue weighted by atomic mass is 35.5. The monoisotopic (exact) mass is 364 g/mol. The van der Waals surface area contributed by atoms with E-state index >= 15 is 0 Å². The van der Waals surface area contributed by atoms with E-state index in [2.05, 4.69) is 10.2 Å². The second-order valence-corrected chi connectivity index (χ2v) is 5.20. The summed E-state index contributed by atoms with van der Waals surface area (Å²) >= 11 is 5.85. The summed E-state index contributed by atoms with van der Waals surface area (Å²) in [7, 11) is 0. The van der Waals surface area contributed by atoms with Gasteiger partial charge >= 0.3 is 11.9 Å². The van der Waals surface area contributed by atoms with Crippen LogP contribution in [0, 0.1) is 5.82 Å². The number of carboxylic acids is 2. The Labute approximate surface area is 145 Å². The topological polar surface area (TPSA) is 116 Å². The zero-order valence-corrected chi connectivity index (χ0v) is 13.1. The maximum atomic E-state index is 13.8. The lowest BCUT2D eigenvalue weighted by Crippen LogP contribution is -2.27. The Bertz CT molecular complexity index is 871. The van der Waals surface area contributed by atoms with Crippen molar-refractivity contribution in [2.75, 3.05) is 0 Å². The van der Waals surface area contributed by atoms with Crippen LogP contribution >= 0.6 is 11.6 Å². The van der Waals surface area contributed by atoms with Crippen LogP contribution in [-0.2, 0) is 9.59 Å². The Kier molecular flexibility index (Phi) is 5.56. The molecule has 0 bridgehead atoms. The first-order valence-electron chi connectivity index (χ1n) is 6.76. The van der Waals surface area contributed by atoms with Crippen LogP contribution < -0.4 is 0 Å². The van der Waals surface area contributed by atoms with Crippen LogP contribution in [0.5, 0.6) is 0 Å². The number of azo groups is 1. The molecule has 128 valence electrons. The molecule has 9 heteroatoms. The molecule has 0 radical (unpaired) electrons. The van der Waals surface area contributed by atoms with Crippen molar-refractivity contribution in [2.24, 2.45) is 10.2 Å². The Morgan fingerprint density at radius 1 is 1.00 bits per heavy atom. The van der Waals surface area contributed by atoms with Crippen LogP contribution in [0.4, 0.5) is 10.1 Å². The first-order chi connectivity index (χ1) is 11.8. The molecule has 0 aliphatic carbocycles. The molecule has 7 nitrogen and oxygen atoms in total. The first kappa shape index (κ1) is 18.2. The number of hydrogen-bond donors (Lipinski definition) is 2. The maximum absolute atomic E-state index is 13.8. The summed E-state index contributed by atoms with van der Waals surface area (Å²) in [4.78, 5) is 34.2. The summed E-state index contributed by atoms with van der Waals surface area (Å²) in [6.45, 7) is 0. The van der Waals surface area contributed by atoms with Gasteiger partial charge in [0.25, 0.3) is 6.04 Å². The Morgan fingerprint density at radius 3 is 2.24 bits per heavy atom. The zero-order chi connectivity index (χ0) is 18.6. The fraction of sp³-hybridized carbons (Fsp3) is 0.0625. The molecule has 0 heterocycles. The number of benzene rings is 2. The van der Waals surface area contributed by atoms with Gasteiger partial charge in [0.05, 0.1) is 16.8 Å². The van der Waals surface area contributed by atoms with Crippen molar-refractivity contribution in [3.05, 3.63) is 64.4 Å². The molecule has 0 unspecified atom stereocenters. The molecule has 0 saturated carbocycles. The molecule has 0 fully saturated rings. The predicted octanol–water partition coefficient (Wildman–Crippen LogP) is 3.33. The number of aliphatic carboxylic acids is 2. The van der Waals surface area contributed by atoms with Gasteiger partial charge in [-0.25, -0.2) is 14.0 Å². The standard InChI is InChI=1S/C16H10ClFN2O5/c17-8-5-6-12(19-20-13(15(22)23)16(24)25)10(7-8)14(21)9-3-1-2-4-11(9)18/h1-7,13H,(H,22,23)(H,24,25). The third kappa shape index (κ3) is 4.24. The summed E-state index contributed by atoms with van der Waals surface area (Å²) < 4.78 is 13.8. The smallest absolute Gasteiger partial charge is 0.342 e. The minimum Gasteiger partial charge on any atom is -0.479 e. The van der Waals surface area contributed by atoms with E-state index in [1.54, 1.807) is 0 Å². The van der Waals surface area contributed by atoms with Gasteiger partial charge in [-0.2, -0.15) is 10.2 Å². The van der Waals surface area contributed by atoms with E-state index in [1.807, 2.05) is 0 Å². The number of carbonyl (C=O) groups excluding carboxylic acids is 1. The Morgan fingerprint density at radius 2 is 1.64 bits per heavy atom. The van der Waals surface area contributed by atoms with Crippen molar-refractivity contribution in [3.8, 4) is 0 Å². The van der Waals surface area contributed by atoms with Gasteiger partial charge in [0.1, 0.15) is 5.82 Å². The molecule has 2 N–H and O–H groups in total. The third-order valence-electron chi connectivity index (χ3n) is 3.07. The molecule has 2 rings (SSSR count). The van der Waals surface area contributed by atoms with Crippen LogP contribution in [0.15, 0.2) is 52.7 Å². The van der Waals surface area contributed by atoms with Crippen molar-refractivity contribution in [3.63, 3.8) is 0 Å². The fourth-order valence-corrected chi connectivity index (χ4v) is 2.06. The SMILES string of the molecule is O=C(c1ccccc1F)c1cc(Cl)ccc1N=NC(C(=O)O)C(=O)O. The van der Waals surface area contributed by atoms with Gasteiger partial charge in [-0.15, -0.1) is 0 Å². The number of halogens is 2. The molecule has 2 aromatic carbocycles. The molecule has 0 spiro atoms. The molecule has 2 aromatic rings. The van der Waals surface area contributed by atoms with Crippen LogP contribution in [-0.4, -0.2) is 34.0 Å². The molecule has 0 saturated heterocycles. The van der Waals surface area contributed by atoms with E-state index in [4.69, 9.17) is 21.8 Å². The summed E-state index contributed by atoms with van der Waals surface area (Å²) in [5.74, 6) is -4.94. The molecular formula is C16H10ClFN2O5. The average molecular weight is 365 g/mol. The van der Waals surface area contributed by atoms with Gasteiger partial charge in [-0.1, -0.05) is 23.7 Å². The van der Waals surface area contributed by atoms with Gasteiger partial charge in [-0.05, 0) is 30.3 Å². The number of carboxylic acid groups (broad SMARTS) is 2. The highest BCUT2D eigenvalue weighted by Crippen LogP contribution is 2.27. The highest BCUT2D eigenvalue weighted by Gasteiger charge is 2.26. The van der Waals surface area contributed by atoms with Crippen molar-refractivity contribution in [2.45, 2.75) is 6.04 Å². The van der Waals surface area contributed by atoms with E-state index in [1.165, 1.54) is 36.4 Å². The molecule has 0 amide bonds. The van der Waals surface area contributed by atoms with Gasteiger partial charge in [0.15, 0.2) is 5.78 Å². The normalized spacial score (nSPS) is 11.0. The Hall–Kier alpha value is -3.13. The minimum atomic E-state index is -2.13. The lowest BCUT2D eigenvalue weighted by atomic mass is 10.0. The molecule has 0 atom stereocenters. The van der Waals surface area contributed by atoms with Crippen LogP contribution in [0.2, 0.25) is 5.02 Å². The van der Waals surface area contributed by atoms with Gasteiger partial charge in [0, 0.05) is 5.02 Å². The number of carbonyl (C=O) groups is 3. The number of rotatable bonds is 6. The predicted molar refractivity (Wildman–Crippen MR) is 84.9 cm³/mol. The van der Waals surface area contributed by atoms with E-state index in [0.29, 0.717) is 0 Å². The lowest BCUT2D eigenvalue weighted by molar-refractivity contribution is -0.149. The summed E-state index contributed by atoms with van der Waals surface area (Å²) in [5, 5.41) is 24.5. The maximum Gasteiger partial charge on any atom is 0.342 e. The van der Waals surface area contributed by atoms with Gasteiger partial charge in [-0.3, -0.25) is 4.79 Å². The zero-order valence-electron chi connectivity index (χ0n) is 12.4. The van der Waals surface area contributed by atoms with Crippen LogP contribution in [0.3, 0.4) is 0 Å². The van der Waals surface area contributed by atoms with Crippen molar-refractivity contribution >= 4 is 35.0 Å². The number of ketones is 1.